The minimum atomic E-state index is -0.558. The van der Waals surface area contributed by atoms with Crippen LogP contribution in [0.25, 0.3) is 10.4 Å². The van der Waals surface area contributed by atoms with Gasteiger partial charge in [0.25, 0.3) is 0 Å². The van der Waals surface area contributed by atoms with Crippen LogP contribution in [0.2, 0.25) is 0 Å². The van der Waals surface area contributed by atoms with Gasteiger partial charge in [-0.15, -0.1) is 0 Å². The van der Waals surface area contributed by atoms with Crippen molar-refractivity contribution >= 4 is 26.7 Å². The molecule has 0 saturated heterocycles. The van der Waals surface area contributed by atoms with Crippen LogP contribution in [0.1, 0.15) is 25.6 Å². The molecule has 0 fully saturated rings. The molecule has 96 valence electrons. The first kappa shape index (κ1) is 13.3. The fourth-order valence-corrected chi connectivity index (χ4v) is 4.50. The Morgan fingerprint density at radius 2 is 1.89 bits per heavy atom. The maximum absolute atomic E-state index is 12.0. The minimum Gasteiger partial charge on any atom is -0.465 e. The average molecular weight is 280 g/mol. The quantitative estimate of drug-likeness (QED) is 0.616. The number of rotatable bonds is 4. The van der Waals surface area contributed by atoms with Crippen molar-refractivity contribution in [1.29, 1.82) is 0 Å². The van der Waals surface area contributed by atoms with Crippen molar-refractivity contribution in [1.82, 2.24) is 0 Å². The molecule has 2 aromatic rings. The molecule has 0 N–H and O–H groups in total. The van der Waals surface area contributed by atoms with Crippen molar-refractivity contribution < 1.29 is 9.53 Å². The zero-order valence-corrected chi connectivity index (χ0v) is 12.4. The predicted octanol–water partition coefficient (Wildman–Crippen LogP) is 4.32. The molecule has 4 heteroatoms. The first-order valence-electron chi connectivity index (χ1n) is 5.89. The number of carbonyl (C=O) groups is 1. The summed E-state index contributed by atoms with van der Waals surface area (Å²) in [6, 6.07) is 10.2. The molecule has 0 saturated carbocycles. The summed E-state index contributed by atoms with van der Waals surface area (Å²) in [5, 5.41) is 0. The summed E-state index contributed by atoms with van der Waals surface area (Å²) >= 11 is 0. The predicted molar refractivity (Wildman–Crippen MR) is 77.3 cm³/mol. The van der Waals surface area contributed by atoms with Crippen molar-refractivity contribution in [3.05, 3.63) is 35.2 Å². The van der Waals surface area contributed by atoms with Gasteiger partial charge in [-0.25, -0.2) is 0 Å². The summed E-state index contributed by atoms with van der Waals surface area (Å²) in [5.41, 5.74) is 0.616. The van der Waals surface area contributed by atoms with Crippen molar-refractivity contribution in [2.24, 2.45) is 0 Å². The van der Waals surface area contributed by atoms with E-state index < -0.39 is 5.41 Å². The van der Waals surface area contributed by atoms with E-state index >= 15 is 0 Å². The van der Waals surface area contributed by atoms with Gasteiger partial charge in [0.15, 0.2) is 0 Å². The van der Waals surface area contributed by atoms with Crippen LogP contribution in [0, 0.1) is 0 Å². The Morgan fingerprint density at radius 1 is 1.22 bits per heavy atom. The summed E-state index contributed by atoms with van der Waals surface area (Å²) < 4.78 is 5.15. The molecule has 1 aromatic heterocycles. The van der Waals surface area contributed by atoms with Gasteiger partial charge in [-0.2, -0.15) is 0 Å². The first-order valence-corrected chi connectivity index (χ1v) is 8.04. The maximum atomic E-state index is 12.0. The lowest BCUT2D eigenvalue weighted by Gasteiger charge is -2.25. The highest BCUT2D eigenvalue weighted by Crippen LogP contribution is 2.45. The number of benzene rings is 1. The molecule has 1 heterocycles. The van der Waals surface area contributed by atoms with Crippen molar-refractivity contribution in [3.63, 3.8) is 0 Å². The second-order valence-corrected chi connectivity index (χ2v) is 6.69. The Bertz CT molecular complexity index is 523. The molecule has 0 aliphatic rings. The van der Waals surface area contributed by atoms with Crippen molar-refractivity contribution in [3.8, 4) is 10.4 Å². The molecule has 0 unspecified atom stereocenters. The number of hydrogen-bond donors (Lipinski definition) is 0. The van der Waals surface area contributed by atoms with E-state index in [9.17, 15) is 4.79 Å². The van der Waals surface area contributed by atoms with Crippen LogP contribution in [-0.2, 0) is 14.9 Å². The molecule has 0 spiro atoms. The summed E-state index contributed by atoms with van der Waals surface area (Å²) in [7, 11) is 3.38. The fraction of sp³-hybridized carbons (Fsp3) is 0.357. The van der Waals surface area contributed by atoms with Crippen LogP contribution in [0.3, 0.4) is 0 Å². The zero-order chi connectivity index (χ0) is 13.2. The van der Waals surface area contributed by atoms with Crippen LogP contribution >= 0.6 is 20.7 Å². The van der Waals surface area contributed by atoms with E-state index in [0.29, 0.717) is 6.61 Å². The lowest BCUT2D eigenvalue weighted by atomic mass is 9.90. The molecular weight excluding hydrogens is 264 g/mol. The van der Waals surface area contributed by atoms with Gasteiger partial charge in [-0.05, 0) is 26.3 Å². The third-order valence-electron chi connectivity index (χ3n) is 2.80. The number of carbonyl (C=O) groups excluding carboxylic acids is 1. The van der Waals surface area contributed by atoms with Crippen LogP contribution in [0.4, 0.5) is 0 Å². The van der Waals surface area contributed by atoms with Gasteiger partial charge in [0, 0.05) is 0 Å². The van der Waals surface area contributed by atoms with E-state index in [1.54, 1.807) is 20.7 Å². The highest BCUT2D eigenvalue weighted by Gasteiger charge is 2.36. The van der Waals surface area contributed by atoms with Crippen LogP contribution in [0.15, 0.2) is 30.3 Å². The van der Waals surface area contributed by atoms with Crippen molar-refractivity contribution in [2.75, 3.05) is 6.61 Å². The first-order chi connectivity index (χ1) is 8.57. The molecule has 0 aliphatic heterocycles. The normalized spacial score (nSPS) is 11.5. The number of esters is 1. The molecule has 0 radical (unpaired) electrons. The van der Waals surface area contributed by atoms with Crippen LogP contribution in [-0.4, -0.2) is 12.6 Å². The highest BCUT2D eigenvalue weighted by molar-refractivity contribution is 7.74. The maximum Gasteiger partial charge on any atom is 0.316 e. The molecule has 2 rings (SSSR count). The minimum absolute atomic E-state index is 0.152. The van der Waals surface area contributed by atoms with Gasteiger partial charge in [0.1, 0.15) is 0 Å². The van der Waals surface area contributed by atoms with Crippen molar-refractivity contribution in [2.45, 2.75) is 26.2 Å². The smallest absolute Gasteiger partial charge is 0.316 e. The van der Waals surface area contributed by atoms with E-state index in [1.165, 1.54) is 10.4 Å². The second kappa shape index (κ2) is 5.24. The standard InChI is InChI=1S/C14H16O2S2/c1-4-16-13(15)14(2,3)12-11(17-18-12)10-8-6-5-7-9-10/h5-9H,4H2,1-3H3. The lowest BCUT2D eigenvalue weighted by molar-refractivity contribution is -0.148. The van der Waals surface area contributed by atoms with Crippen LogP contribution in [0.5, 0.6) is 0 Å². The van der Waals surface area contributed by atoms with E-state index in [1.807, 2.05) is 39.0 Å². The third-order valence-corrected chi connectivity index (χ3v) is 5.75. The molecule has 1 aromatic carbocycles. The summed E-state index contributed by atoms with van der Waals surface area (Å²) in [6.45, 7) is 6.11. The molecule has 0 bridgehead atoms. The summed E-state index contributed by atoms with van der Waals surface area (Å²) in [4.78, 5) is 14.3. The number of ether oxygens (including phenoxy) is 1. The van der Waals surface area contributed by atoms with E-state index in [2.05, 4.69) is 12.1 Å². The molecule has 2 nitrogen and oxygen atoms in total. The Balaban J connectivity index is 2.30. The van der Waals surface area contributed by atoms with Crippen LogP contribution < -0.4 is 0 Å². The molecule has 0 atom stereocenters. The largest absolute Gasteiger partial charge is 0.465 e. The molecule has 0 amide bonds. The summed E-state index contributed by atoms with van der Waals surface area (Å²) in [6.07, 6.45) is 0. The Labute approximate surface area is 115 Å². The van der Waals surface area contributed by atoms with Gasteiger partial charge in [-0.1, -0.05) is 51.0 Å². The van der Waals surface area contributed by atoms with E-state index in [0.717, 1.165) is 4.88 Å². The third kappa shape index (κ3) is 2.35. The topological polar surface area (TPSA) is 26.3 Å². The van der Waals surface area contributed by atoms with Gasteiger partial charge in [0.2, 0.25) is 0 Å². The van der Waals surface area contributed by atoms with Gasteiger partial charge < -0.3 is 4.74 Å². The Kier molecular flexibility index (Phi) is 3.88. The Morgan fingerprint density at radius 3 is 2.39 bits per heavy atom. The lowest BCUT2D eigenvalue weighted by Crippen LogP contribution is -2.31. The van der Waals surface area contributed by atoms with Gasteiger partial charge in [0.05, 0.1) is 21.8 Å². The second-order valence-electron chi connectivity index (χ2n) is 4.54. The molecule has 0 aliphatic carbocycles. The zero-order valence-electron chi connectivity index (χ0n) is 10.7. The fourth-order valence-electron chi connectivity index (χ4n) is 1.69. The molecular formula is C14H16O2S2. The van der Waals surface area contributed by atoms with E-state index in [4.69, 9.17) is 4.74 Å². The molecule has 18 heavy (non-hydrogen) atoms. The average Bonchev–Trinajstić information content (AvgIpc) is 2.28. The van der Waals surface area contributed by atoms with Gasteiger partial charge in [-0.3, -0.25) is 4.79 Å². The summed E-state index contributed by atoms with van der Waals surface area (Å²) in [5.74, 6) is -0.152. The SMILES string of the molecule is CCOC(=O)C(C)(C)c1ssc1-c1ccccc1. The van der Waals surface area contributed by atoms with Gasteiger partial charge >= 0.3 is 5.97 Å². The number of hydrogen-bond acceptors (Lipinski definition) is 4. The van der Waals surface area contributed by atoms with E-state index in [-0.39, 0.29) is 5.97 Å². The monoisotopic (exact) mass is 280 g/mol. The Hall–Kier alpha value is -1.13. The highest BCUT2D eigenvalue weighted by atomic mass is 32.9.